The number of thiophene rings is 1. The highest BCUT2D eigenvalue weighted by atomic mass is 32.2. The zero-order valence-corrected chi connectivity index (χ0v) is 24.3. The first-order valence-corrected chi connectivity index (χ1v) is 15.9. The molecule has 0 saturated carbocycles. The van der Waals surface area contributed by atoms with E-state index < -0.39 is 10.0 Å². The Morgan fingerprint density at radius 3 is 2.50 bits per heavy atom. The number of carbonyl (C=O) groups excluding carboxylic acids is 1. The molecule has 7 nitrogen and oxygen atoms in total. The maximum atomic E-state index is 13.6. The molecule has 3 heterocycles. The summed E-state index contributed by atoms with van der Waals surface area (Å²) in [5, 5.41) is 4.03. The molecule has 2 atom stereocenters. The number of carbonyl (C=O) groups is 1. The fraction of sp³-hybridized carbons (Fsp3) is 0.323. The standard InChI is InChI=1S/C31H33N3O4S2/c1-22-20-32(16-17-34(22)40(36,37)27-12-9-23-5-3-4-6-25(23)19-27)30(35)21-33-15-13-29-28(14-18-39-29)31(33)24-7-10-26(38-2)11-8-24/h3-12,14,18-19,22,31H,13,15-17,20-21H2,1-2H3/t22-,31+/m1/s1. The number of rotatable bonds is 6. The van der Waals surface area contributed by atoms with Gasteiger partial charge in [0.15, 0.2) is 0 Å². The molecule has 4 aromatic rings. The Morgan fingerprint density at radius 2 is 1.75 bits per heavy atom. The zero-order chi connectivity index (χ0) is 27.9. The van der Waals surface area contributed by atoms with E-state index in [0.29, 0.717) is 18.0 Å². The van der Waals surface area contributed by atoms with E-state index >= 15 is 0 Å². The SMILES string of the molecule is COc1ccc([C@H]2c3ccsc3CCN2CC(=O)N2CCN(S(=O)(=O)c3ccc4ccccc4c3)[C@H](C)C2)cc1. The number of sulfonamides is 1. The average Bonchev–Trinajstić information content (AvgIpc) is 3.45. The summed E-state index contributed by atoms with van der Waals surface area (Å²) in [6, 6.07) is 22.9. The van der Waals surface area contributed by atoms with E-state index in [4.69, 9.17) is 4.74 Å². The van der Waals surface area contributed by atoms with E-state index in [9.17, 15) is 13.2 Å². The minimum Gasteiger partial charge on any atom is -0.497 e. The van der Waals surface area contributed by atoms with Crippen LogP contribution < -0.4 is 4.74 Å². The van der Waals surface area contributed by atoms with Gasteiger partial charge >= 0.3 is 0 Å². The number of amides is 1. The summed E-state index contributed by atoms with van der Waals surface area (Å²) >= 11 is 1.77. The lowest BCUT2D eigenvalue weighted by atomic mass is 9.93. The van der Waals surface area contributed by atoms with Gasteiger partial charge in [-0.25, -0.2) is 8.42 Å². The predicted octanol–water partition coefficient (Wildman–Crippen LogP) is 4.78. The van der Waals surface area contributed by atoms with Crippen LogP contribution in [-0.2, 0) is 21.2 Å². The molecule has 0 N–H and O–H groups in total. The summed E-state index contributed by atoms with van der Waals surface area (Å²) in [7, 11) is -2.02. The molecule has 1 amide bonds. The maximum absolute atomic E-state index is 13.6. The third kappa shape index (κ3) is 5.03. The van der Waals surface area contributed by atoms with Crippen LogP contribution in [0.15, 0.2) is 83.1 Å². The van der Waals surface area contributed by atoms with Crippen LogP contribution in [0.5, 0.6) is 5.75 Å². The second-order valence-corrected chi connectivity index (χ2v) is 13.4. The number of hydrogen-bond acceptors (Lipinski definition) is 6. The Morgan fingerprint density at radius 1 is 0.975 bits per heavy atom. The molecule has 9 heteroatoms. The minimum absolute atomic E-state index is 0.00292. The van der Waals surface area contributed by atoms with E-state index in [1.54, 1.807) is 34.9 Å². The molecular weight excluding hydrogens is 542 g/mol. The van der Waals surface area contributed by atoms with Crippen molar-refractivity contribution in [2.24, 2.45) is 0 Å². The molecule has 0 spiro atoms. The van der Waals surface area contributed by atoms with E-state index in [1.807, 2.05) is 54.3 Å². The van der Waals surface area contributed by atoms with Crippen molar-refractivity contribution in [2.45, 2.75) is 30.3 Å². The van der Waals surface area contributed by atoms with Crippen LogP contribution in [0, 0.1) is 0 Å². The van der Waals surface area contributed by atoms with E-state index in [1.165, 1.54) is 10.4 Å². The van der Waals surface area contributed by atoms with Gasteiger partial charge in [0.05, 0.1) is 24.6 Å². The molecule has 0 radical (unpaired) electrons. The van der Waals surface area contributed by atoms with Crippen molar-refractivity contribution < 1.29 is 17.9 Å². The Hall–Kier alpha value is -3.24. The summed E-state index contributed by atoms with van der Waals surface area (Å²) in [5.74, 6) is 0.838. The first kappa shape index (κ1) is 27.0. The van der Waals surface area contributed by atoms with Gasteiger partial charge in [0.2, 0.25) is 15.9 Å². The second-order valence-electron chi connectivity index (χ2n) is 10.5. The summed E-state index contributed by atoms with van der Waals surface area (Å²) in [5.41, 5.74) is 2.39. The number of methoxy groups -OCH3 is 1. The quantitative estimate of drug-likeness (QED) is 0.331. The monoisotopic (exact) mass is 575 g/mol. The topological polar surface area (TPSA) is 70.2 Å². The van der Waals surface area contributed by atoms with Crippen molar-refractivity contribution in [3.63, 3.8) is 0 Å². The van der Waals surface area contributed by atoms with Gasteiger partial charge in [-0.15, -0.1) is 11.3 Å². The number of nitrogens with zero attached hydrogens (tertiary/aromatic N) is 3. The number of piperazine rings is 1. The molecule has 208 valence electrons. The molecule has 3 aromatic carbocycles. The lowest BCUT2D eigenvalue weighted by Gasteiger charge is -2.41. The van der Waals surface area contributed by atoms with Crippen LogP contribution in [-0.4, -0.2) is 74.3 Å². The molecule has 1 aromatic heterocycles. The van der Waals surface area contributed by atoms with E-state index in [0.717, 1.165) is 35.1 Å². The Kier molecular flexibility index (Phi) is 7.39. The van der Waals surface area contributed by atoms with Gasteiger partial charge < -0.3 is 9.64 Å². The number of benzene rings is 3. The molecule has 1 saturated heterocycles. The van der Waals surface area contributed by atoms with Crippen molar-refractivity contribution in [1.29, 1.82) is 0 Å². The maximum Gasteiger partial charge on any atom is 0.243 e. The summed E-state index contributed by atoms with van der Waals surface area (Å²) in [6.45, 7) is 3.99. The van der Waals surface area contributed by atoms with Crippen molar-refractivity contribution in [3.05, 3.63) is 94.2 Å². The number of hydrogen-bond donors (Lipinski definition) is 0. The minimum atomic E-state index is -3.68. The summed E-state index contributed by atoms with van der Waals surface area (Å²) < 4.78 is 34.0. The van der Waals surface area contributed by atoms with Gasteiger partial charge in [-0.05, 0) is 71.0 Å². The fourth-order valence-electron chi connectivity index (χ4n) is 5.98. The Bertz CT molecular complexity index is 1630. The molecule has 0 unspecified atom stereocenters. The predicted molar refractivity (Wildman–Crippen MR) is 158 cm³/mol. The van der Waals surface area contributed by atoms with Crippen molar-refractivity contribution in [1.82, 2.24) is 14.1 Å². The molecule has 0 bridgehead atoms. The summed E-state index contributed by atoms with van der Waals surface area (Å²) in [4.78, 5) is 19.3. The molecule has 0 aliphatic carbocycles. The first-order chi connectivity index (χ1) is 19.3. The second kappa shape index (κ2) is 11.0. The highest BCUT2D eigenvalue weighted by molar-refractivity contribution is 7.89. The van der Waals surface area contributed by atoms with Crippen LogP contribution in [0.4, 0.5) is 0 Å². The van der Waals surface area contributed by atoms with Crippen LogP contribution in [0.25, 0.3) is 10.8 Å². The van der Waals surface area contributed by atoms with Gasteiger partial charge in [0, 0.05) is 37.1 Å². The lowest BCUT2D eigenvalue weighted by molar-refractivity contribution is -0.135. The third-order valence-electron chi connectivity index (χ3n) is 8.08. The largest absolute Gasteiger partial charge is 0.497 e. The molecule has 40 heavy (non-hydrogen) atoms. The highest BCUT2D eigenvalue weighted by Gasteiger charge is 2.37. The number of fused-ring (bicyclic) bond motifs is 2. The van der Waals surface area contributed by atoms with Gasteiger partial charge in [0.25, 0.3) is 0 Å². The van der Waals surface area contributed by atoms with Crippen LogP contribution in [0.2, 0.25) is 0 Å². The van der Waals surface area contributed by atoms with Gasteiger partial charge in [-0.1, -0.05) is 42.5 Å². The highest BCUT2D eigenvalue weighted by Crippen LogP contribution is 2.38. The zero-order valence-electron chi connectivity index (χ0n) is 22.7. The molecular formula is C31H33N3O4S2. The number of ether oxygens (including phenoxy) is 1. The molecule has 6 rings (SSSR count). The fourth-order valence-corrected chi connectivity index (χ4v) is 8.53. The summed E-state index contributed by atoms with van der Waals surface area (Å²) in [6.07, 6.45) is 0.918. The third-order valence-corrected chi connectivity index (χ3v) is 11.1. The van der Waals surface area contributed by atoms with Gasteiger partial charge in [0.1, 0.15) is 5.75 Å². The van der Waals surface area contributed by atoms with Crippen LogP contribution in [0.1, 0.15) is 29.0 Å². The van der Waals surface area contributed by atoms with E-state index in [-0.39, 0.29) is 31.1 Å². The molecule has 2 aliphatic rings. The van der Waals surface area contributed by atoms with Crippen LogP contribution in [0.3, 0.4) is 0 Å². The Labute approximate surface area is 239 Å². The molecule has 2 aliphatic heterocycles. The first-order valence-electron chi connectivity index (χ1n) is 13.6. The lowest BCUT2D eigenvalue weighted by Crippen LogP contribution is -2.57. The van der Waals surface area contributed by atoms with Crippen molar-refractivity contribution >= 4 is 38.0 Å². The van der Waals surface area contributed by atoms with Gasteiger partial charge in [-0.2, -0.15) is 4.31 Å². The molecule has 1 fully saturated rings. The van der Waals surface area contributed by atoms with E-state index in [2.05, 4.69) is 28.5 Å². The van der Waals surface area contributed by atoms with Crippen LogP contribution >= 0.6 is 11.3 Å². The average molecular weight is 576 g/mol. The smallest absolute Gasteiger partial charge is 0.243 e. The van der Waals surface area contributed by atoms with Gasteiger partial charge in [-0.3, -0.25) is 9.69 Å². The van der Waals surface area contributed by atoms with Crippen molar-refractivity contribution in [3.8, 4) is 5.75 Å². The van der Waals surface area contributed by atoms with Crippen molar-refractivity contribution in [2.75, 3.05) is 39.8 Å². The normalized spacial score (nSPS) is 20.4. The Balaban J connectivity index is 1.17.